The molecule has 0 saturated carbocycles. The molecule has 0 N–H and O–H groups in total. The molecule has 0 fully saturated rings. The van der Waals surface area contributed by atoms with Crippen molar-refractivity contribution in [1.29, 1.82) is 0 Å². The number of rotatable bonds is 10. The first-order valence-corrected chi connectivity index (χ1v) is 5.82. The lowest BCUT2D eigenvalue weighted by atomic mass is 9.94. The third kappa shape index (κ3) is 8.21. The largest absolute Gasteiger partial charge is 0.151 e. The molecular weight excluding hydrogens is 192 g/mol. The van der Waals surface area contributed by atoms with Crippen LogP contribution < -0.4 is 0 Å². The van der Waals surface area contributed by atoms with Gasteiger partial charge in [-0.15, -0.1) is 0 Å². The van der Waals surface area contributed by atoms with E-state index in [1.54, 1.807) is 0 Å². The zero-order valence-electron chi connectivity index (χ0n) is 9.82. The van der Waals surface area contributed by atoms with Crippen LogP contribution in [0.25, 0.3) is 0 Å². The first-order chi connectivity index (χ1) is 7.24. The summed E-state index contributed by atoms with van der Waals surface area (Å²) in [4.78, 5) is 20.2. The second kappa shape index (κ2) is 9.74. The van der Waals surface area contributed by atoms with Gasteiger partial charge in [0, 0.05) is 0 Å². The molecule has 0 aliphatic rings. The highest BCUT2D eigenvalue weighted by Crippen LogP contribution is 2.17. The highest BCUT2D eigenvalue weighted by Gasteiger charge is 2.09. The molecule has 2 unspecified atom stereocenters. The standard InChI is InChI=1S/C11H22N2O2/c1-3-5-11(9-13-15)7-4-6-10(2)8-12-14/h10-11H,3-9H2,1-2H3. The fourth-order valence-electron chi connectivity index (χ4n) is 1.81. The number of hydrogen-bond donors (Lipinski definition) is 0. The second-order valence-electron chi connectivity index (χ2n) is 4.31. The fourth-order valence-corrected chi connectivity index (χ4v) is 1.81. The summed E-state index contributed by atoms with van der Waals surface area (Å²) in [6.07, 6.45) is 5.31. The minimum atomic E-state index is 0.369. The highest BCUT2D eigenvalue weighted by molar-refractivity contribution is 4.64. The molecular formula is C11H22N2O2. The molecule has 15 heavy (non-hydrogen) atoms. The average molecular weight is 214 g/mol. The average Bonchev–Trinajstić information content (AvgIpc) is 2.19. The lowest BCUT2D eigenvalue weighted by molar-refractivity contribution is 0.407. The molecule has 0 aromatic rings. The van der Waals surface area contributed by atoms with Gasteiger partial charge in [0.1, 0.15) is 0 Å². The Labute approximate surface area is 91.8 Å². The van der Waals surface area contributed by atoms with Crippen molar-refractivity contribution in [3.8, 4) is 0 Å². The van der Waals surface area contributed by atoms with Gasteiger partial charge in [-0.1, -0.05) is 37.0 Å². The predicted molar refractivity (Wildman–Crippen MR) is 62.7 cm³/mol. The van der Waals surface area contributed by atoms with Crippen molar-refractivity contribution in [3.63, 3.8) is 0 Å². The molecule has 0 aromatic carbocycles. The number of nitrogens with zero attached hydrogens (tertiary/aromatic N) is 2. The maximum atomic E-state index is 10.2. The quantitative estimate of drug-likeness (QED) is 0.520. The van der Waals surface area contributed by atoms with E-state index in [-0.39, 0.29) is 0 Å². The zero-order valence-corrected chi connectivity index (χ0v) is 9.82. The van der Waals surface area contributed by atoms with E-state index in [1.165, 1.54) is 0 Å². The first kappa shape index (κ1) is 14.2. The van der Waals surface area contributed by atoms with Crippen LogP contribution in [-0.2, 0) is 0 Å². The van der Waals surface area contributed by atoms with Gasteiger partial charge < -0.3 is 0 Å². The molecule has 0 aromatic heterocycles. The van der Waals surface area contributed by atoms with Crippen LogP contribution in [0.15, 0.2) is 10.4 Å². The summed E-state index contributed by atoms with van der Waals surface area (Å²) in [5.41, 5.74) is 0. The van der Waals surface area contributed by atoms with Gasteiger partial charge >= 0.3 is 0 Å². The van der Waals surface area contributed by atoms with E-state index in [1.807, 2.05) is 6.92 Å². The van der Waals surface area contributed by atoms with Crippen LogP contribution in [0.2, 0.25) is 0 Å². The van der Waals surface area contributed by atoms with E-state index >= 15 is 0 Å². The highest BCUT2D eigenvalue weighted by atomic mass is 16.3. The fraction of sp³-hybridized carbons (Fsp3) is 1.00. The topological polar surface area (TPSA) is 58.9 Å². The molecule has 0 saturated heterocycles. The third-order valence-electron chi connectivity index (χ3n) is 2.73. The van der Waals surface area contributed by atoms with Crippen LogP contribution in [0.1, 0.15) is 46.0 Å². The van der Waals surface area contributed by atoms with Crippen molar-refractivity contribution < 1.29 is 0 Å². The maximum Gasteiger partial charge on any atom is 0.0839 e. The lowest BCUT2D eigenvalue weighted by Crippen LogP contribution is -2.06. The monoisotopic (exact) mass is 214 g/mol. The summed E-state index contributed by atoms with van der Waals surface area (Å²) in [6, 6.07) is 0. The Hall–Kier alpha value is -0.800. The van der Waals surface area contributed by atoms with Gasteiger partial charge in [0.15, 0.2) is 0 Å². The van der Waals surface area contributed by atoms with Gasteiger partial charge in [0.25, 0.3) is 0 Å². The maximum absolute atomic E-state index is 10.2. The minimum Gasteiger partial charge on any atom is -0.151 e. The van der Waals surface area contributed by atoms with Crippen molar-refractivity contribution in [1.82, 2.24) is 0 Å². The molecule has 0 aliphatic carbocycles. The summed E-state index contributed by atoms with van der Waals surface area (Å²) < 4.78 is 0. The van der Waals surface area contributed by atoms with Crippen molar-refractivity contribution >= 4 is 0 Å². The van der Waals surface area contributed by atoms with Crippen LogP contribution >= 0.6 is 0 Å². The Morgan fingerprint density at radius 2 is 1.67 bits per heavy atom. The van der Waals surface area contributed by atoms with Gasteiger partial charge in [-0.25, -0.2) is 0 Å². The van der Waals surface area contributed by atoms with Crippen LogP contribution in [0.4, 0.5) is 0 Å². The summed E-state index contributed by atoms with van der Waals surface area (Å²) >= 11 is 0. The predicted octanol–water partition coefficient (Wildman–Crippen LogP) is 3.74. The molecule has 0 spiro atoms. The molecule has 4 nitrogen and oxygen atoms in total. The van der Waals surface area contributed by atoms with Crippen LogP contribution in [0.5, 0.6) is 0 Å². The van der Waals surface area contributed by atoms with Gasteiger partial charge in [-0.3, -0.25) is 0 Å². The first-order valence-electron chi connectivity index (χ1n) is 5.82. The smallest absolute Gasteiger partial charge is 0.0839 e. The Bertz CT molecular complexity index is 174. The Balaban J connectivity index is 3.59. The van der Waals surface area contributed by atoms with Gasteiger partial charge in [-0.2, -0.15) is 9.81 Å². The lowest BCUT2D eigenvalue weighted by Gasteiger charge is -2.13. The van der Waals surface area contributed by atoms with E-state index in [0.717, 1.165) is 32.1 Å². The van der Waals surface area contributed by atoms with Crippen LogP contribution in [0, 0.1) is 21.6 Å². The Morgan fingerprint density at radius 1 is 1.00 bits per heavy atom. The van der Waals surface area contributed by atoms with E-state index < -0.39 is 0 Å². The summed E-state index contributed by atoms with van der Waals surface area (Å²) in [5.74, 6) is 0.804. The number of hydrogen-bond acceptors (Lipinski definition) is 4. The van der Waals surface area contributed by atoms with Crippen molar-refractivity contribution in [2.75, 3.05) is 13.1 Å². The van der Waals surface area contributed by atoms with Crippen LogP contribution in [0.3, 0.4) is 0 Å². The minimum absolute atomic E-state index is 0.369. The SMILES string of the molecule is CCCC(CCCC(C)CN=O)CN=O. The molecule has 0 rings (SSSR count). The Morgan fingerprint density at radius 3 is 2.20 bits per heavy atom. The summed E-state index contributed by atoms with van der Waals surface area (Å²) in [7, 11) is 0. The van der Waals surface area contributed by atoms with E-state index in [4.69, 9.17) is 0 Å². The van der Waals surface area contributed by atoms with E-state index in [0.29, 0.717) is 24.9 Å². The molecule has 88 valence electrons. The van der Waals surface area contributed by atoms with Gasteiger partial charge in [0.05, 0.1) is 13.1 Å². The van der Waals surface area contributed by atoms with Gasteiger partial charge in [-0.05, 0) is 31.1 Å². The molecule has 0 amide bonds. The van der Waals surface area contributed by atoms with E-state index in [9.17, 15) is 9.81 Å². The van der Waals surface area contributed by atoms with Crippen molar-refractivity contribution in [2.45, 2.75) is 46.0 Å². The van der Waals surface area contributed by atoms with Crippen molar-refractivity contribution in [2.24, 2.45) is 22.2 Å². The second-order valence-corrected chi connectivity index (χ2v) is 4.31. The molecule has 0 heterocycles. The molecule has 4 heteroatoms. The molecule has 0 aliphatic heterocycles. The van der Waals surface area contributed by atoms with E-state index in [2.05, 4.69) is 17.3 Å². The number of nitroso groups, excluding NO2 is 2. The molecule has 0 bridgehead atoms. The van der Waals surface area contributed by atoms with Crippen molar-refractivity contribution in [3.05, 3.63) is 9.81 Å². The third-order valence-corrected chi connectivity index (χ3v) is 2.73. The summed E-state index contributed by atoms with van der Waals surface area (Å²) in [6.45, 7) is 5.00. The Kier molecular flexibility index (Phi) is 9.22. The molecule has 0 radical (unpaired) electrons. The molecule has 2 atom stereocenters. The van der Waals surface area contributed by atoms with Crippen LogP contribution in [-0.4, -0.2) is 13.1 Å². The van der Waals surface area contributed by atoms with Gasteiger partial charge in [0.2, 0.25) is 0 Å². The normalized spacial score (nSPS) is 14.5. The zero-order chi connectivity index (χ0) is 11.5. The summed E-state index contributed by atoms with van der Waals surface area (Å²) in [5, 5.41) is 5.86.